The van der Waals surface area contributed by atoms with E-state index >= 15 is 0 Å². The van der Waals surface area contributed by atoms with Crippen LogP contribution in [0.25, 0.3) is 5.69 Å². The summed E-state index contributed by atoms with van der Waals surface area (Å²) < 4.78 is 0.912. The van der Waals surface area contributed by atoms with Crippen molar-refractivity contribution in [3.8, 4) is 5.69 Å². The van der Waals surface area contributed by atoms with Crippen molar-refractivity contribution < 1.29 is 0 Å². The van der Waals surface area contributed by atoms with Gasteiger partial charge < -0.3 is 0 Å². The smallest absolute Gasteiger partial charge is 0.267 e. The third-order valence-electron chi connectivity index (χ3n) is 1.92. The number of rotatable bonds is 1. The van der Waals surface area contributed by atoms with Crippen LogP contribution in [0.2, 0.25) is 10.0 Å². The van der Waals surface area contributed by atoms with E-state index in [1.165, 1.54) is 18.2 Å². The molecule has 0 radical (unpaired) electrons. The van der Waals surface area contributed by atoms with E-state index in [1.807, 2.05) is 0 Å². The Balaban J connectivity index is 2.73. The summed E-state index contributed by atoms with van der Waals surface area (Å²) in [6, 6.07) is 4.46. The molecular formula is C9H5Cl2N3O2. The van der Waals surface area contributed by atoms with Gasteiger partial charge in [-0.05, 0) is 18.2 Å². The molecule has 0 fully saturated rings. The molecule has 7 heteroatoms. The molecule has 2 aromatic rings. The zero-order chi connectivity index (χ0) is 11.7. The van der Waals surface area contributed by atoms with Crippen LogP contribution in [0.3, 0.4) is 0 Å². The van der Waals surface area contributed by atoms with Crippen LogP contribution in [0.4, 0.5) is 0 Å². The number of nitrogens with one attached hydrogen (secondary N) is 1. The number of aromatic nitrogens is 3. The van der Waals surface area contributed by atoms with E-state index in [4.69, 9.17) is 23.2 Å². The highest BCUT2D eigenvalue weighted by molar-refractivity contribution is 6.42. The van der Waals surface area contributed by atoms with Crippen molar-refractivity contribution in [1.82, 2.24) is 14.8 Å². The molecule has 0 spiro atoms. The third-order valence-corrected chi connectivity index (χ3v) is 2.66. The van der Waals surface area contributed by atoms with Crippen LogP contribution < -0.4 is 11.2 Å². The first kappa shape index (κ1) is 10.9. The Morgan fingerprint density at radius 1 is 1.19 bits per heavy atom. The molecule has 0 bridgehead atoms. The summed E-state index contributed by atoms with van der Waals surface area (Å²) in [4.78, 5) is 22.8. The quantitative estimate of drug-likeness (QED) is 0.836. The van der Waals surface area contributed by atoms with Crippen molar-refractivity contribution in [1.29, 1.82) is 0 Å². The molecule has 1 aromatic carbocycles. The number of benzene rings is 1. The summed E-state index contributed by atoms with van der Waals surface area (Å²) >= 11 is 11.5. The fraction of sp³-hybridized carbons (Fsp3) is 0. The summed E-state index contributed by atoms with van der Waals surface area (Å²) in [5.74, 6) is 0. The van der Waals surface area contributed by atoms with Crippen molar-refractivity contribution in [3.05, 3.63) is 55.3 Å². The Labute approximate surface area is 99.3 Å². The minimum absolute atomic E-state index is 0.266. The van der Waals surface area contributed by atoms with Crippen molar-refractivity contribution in [2.75, 3.05) is 0 Å². The van der Waals surface area contributed by atoms with E-state index in [2.05, 4.69) is 10.2 Å². The van der Waals surface area contributed by atoms with Crippen LogP contribution in [0.5, 0.6) is 0 Å². The monoisotopic (exact) mass is 257 g/mol. The molecule has 82 valence electrons. The lowest BCUT2D eigenvalue weighted by atomic mass is 10.3. The van der Waals surface area contributed by atoms with Crippen LogP contribution in [-0.2, 0) is 0 Å². The summed E-state index contributed by atoms with van der Waals surface area (Å²) in [6.45, 7) is 0. The molecule has 0 saturated heterocycles. The van der Waals surface area contributed by atoms with Gasteiger partial charge in [0.15, 0.2) is 0 Å². The molecule has 1 aromatic heterocycles. The average Bonchev–Trinajstić information content (AvgIpc) is 2.23. The first-order chi connectivity index (χ1) is 7.59. The molecule has 0 aliphatic heterocycles. The predicted molar refractivity (Wildman–Crippen MR) is 60.5 cm³/mol. The van der Waals surface area contributed by atoms with E-state index in [9.17, 15) is 9.59 Å². The lowest BCUT2D eigenvalue weighted by Gasteiger charge is -2.04. The van der Waals surface area contributed by atoms with Gasteiger partial charge in [-0.3, -0.25) is 4.79 Å². The molecule has 0 atom stereocenters. The van der Waals surface area contributed by atoms with Gasteiger partial charge in [-0.1, -0.05) is 23.2 Å². The molecular weight excluding hydrogens is 253 g/mol. The van der Waals surface area contributed by atoms with Crippen LogP contribution in [0, 0.1) is 0 Å². The number of aromatic amines is 1. The van der Waals surface area contributed by atoms with Gasteiger partial charge in [-0.15, -0.1) is 0 Å². The Morgan fingerprint density at radius 3 is 2.56 bits per heavy atom. The maximum Gasteiger partial charge on any atom is 0.349 e. The van der Waals surface area contributed by atoms with Gasteiger partial charge in [0, 0.05) is 0 Å². The molecule has 1 N–H and O–H groups in total. The lowest BCUT2D eigenvalue weighted by molar-refractivity contribution is 0.798. The van der Waals surface area contributed by atoms with Gasteiger partial charge in [0.25, 0.3) is 5.56 Å². The number of hydrogen-bond donors (Lipinski definition) is 1. The Kier molecular flexibility index (Phi) is 2.80. The Bertz CT molecular complexity index is 619. The number of hydrogen-bond acceptors (Lipinski definition) is 3. The first-order valence-electron chi connectivity index (χ1n) is 4.22. The van der Waals surface area contributed by atoms with Crippen molar-refractivity contribution in [2.24, 2.45) is 0 Å². The van der Waals surface area contributed by atoms with Crippen LogP contribution in [0.1, 0.15) is 0 Å². The maximum atomic E-state index is 11.4. The number of H-pyrrole nitrogens is 1. The van der Waals surface area contributed by atoms with Gasteiger partial charge >= 0.3 is 5.69 Å². The highest BCUT2D eigenvalue weighted by Crippen LogP contribution is 2.23. The molecule has 5 nitrogen and oxygen atoms in total. The molecule has 2 rings (SSSR count). The maximum absolute atomic E-state index is 11.4. The van der Waals surface area contributed by atoms with Gasteiger partial charge in [0.05, 0.1) is 15.7 Å². The van der Waals surface area contributed by atoms with Gasteiger partial charge in [-0.25, -0.2) is 14.5 Å². The largest absolute Gasteiger partial charge is 0.349 e. The molecule has 16 heavy (non-hydrogen) atoms. The topological polar surface area (TPSA) is 67.8 Å². The molecule has 0 saturated carbocycles. The van der Waals surface area contributed by atoms with Crippen molar-refractivity contribution in [2.45, 2.75) is 0 Å². The van der Waals surface area contributed by atoms with Crippen LogP contribution >= 0.6 is 23.2 Å². The number of halogens is 2. The lowest BCUT2D eigenvalue weighted by Crippen LogP contribution is -2.33. The minimum atomic E-state index is -0.633. The zero-order valence-corrected chi connectivity index (χ0v) is 9.29. The second-order valence-electron chi connectivity index (χ2n) is 2.95. The highest BCUT2D eigenvalue weighted by Gasteiger charge is 2.06. The Hall–Kier alpha value is -1.59. The van der Waals surface area contributed by atoms with E-state index in [1.54, 1.807) is 0 Å². The minimum Gasteiger partial charge on any atom is -0.267 e. The summed E-state index contributed by atoms with van der Waals surface area (Å²) in [6.07, 6.45) is 1.00. The van der Waals surface area contributed by atoms with Gasteiger partial charge in [0.2, 0.25) is 0 Å². The molecule has 0 amide bonds. The third kappa shape index (κ3) is 1.87. The fourth-order valence-corrected chi connectivity index (χ4v) is 1.51. The van der Waals surface area contributed by atoms with Gasteiger partial charge in [0.1, 0.15) is 6.20 Å². The average molecular weight is 258 g/mol. The SMILES string of the molecule is O=c1cn[nH]c(=O)n1-c1ccc(Cl)c(Cl)c1. The first-order valence-corrected chi connectivity index (χ1v) is 4.97. The normalized spacial score (nSPS) is 10.4. The van der Waals surface area contributed by atoms with Crippen molar-refractivity contribution >= 4 is 23.2 Å². The van der Waals surface area contributed by atoms with E-state index in [-0.39, 0.29) is 5.02 Å². The summed E-state index contributed by atoms with van der Waals surface area (Å²) in [5.41, 5.74) is -0.837. The second-order valence-corrected chi connectivity index (χ2v) is 3.76. The van der Waals surface area contributed by atoms with E-state index in [0.29, 0.717) is 10.7 Å². The number of nitrogens with zero attached hydrogens (tertiary/aromatic N) is 2. The van der Waals surface area contributed by atoms with E-state index in [0.717, 1.165) is 10.8 Å². The van der Waals surface area contributed by atoms with E-state index < -0.39 is 11.2 Å². The highest BCUT2D eigenvalue weighted by atomic mass is 35.5. The molecule has 0 aliphatic carbocycles. The van der Waals surface area contributed by atoms with Crippen molar-refractivity contribution in [3.63, 3.8) is 0 Å². The molecule has 0 aliphatic rings. The molecule has 0 unspecified atom stereocenters. The zero-order valence-electron chi connectivity index (χ0n) is 7.78. The van der Waals surface area contributed by atoms with Crippen LogP contribution in [-0.4, -0.2) is 14.8 Å². The van der Waals surface area contributed by atoms with Gasteiger partial charge in [-0.2, -0.15) is 5.10 Å². The van der Waals surface area contributed by atoms with Crippen LogP contribution in [0.15, 0.2) is 34.0 Å². The molecule has 1 heterocycles. The summed E-state index contributed by atoms with van der Waals surface area (Å²) in [7, 11) is 0. The predicted octanol–water partition coefficient (Wildman–Crippen LogP) is 1.23. The Morgan fingerprint density at radius 2 is 1.94 bits per heavy atom. The second kappa shape index (κ2) is 4.11. The summed E-state index contributed by atoms with van der Waals surface area (Å²) in [5, 5.41) is 6.15. The standard InChI is InChI=1S/C9H5Cl2N3O2/c10-6-2-1-5(3-7(6)11)14-8(15)4-12-13-9(14)16/h1-4H,(H,13,16). The fourth-order valence-electron chi connectivity index (χ4n) is 1.22.